The van der Waals surface area contributed by atoms with E-state index in [-0.39, 0.29) is 17.6 Å². The van der Waals surface area contributed by atoms with E-state index in [0.717, 1.165) is 17.0 Å². The third kappa shape index (κ3) is 3.16. The van der Waals surface area contributed by atoms with Crippen molar-refractivity contribution in [3.05, 3.63) is 41.0 Å². The van der Waals surface area contributed by atoms with Crippen LogP contribution in [-0.4, -0.2) is 21.9 Å². The number of halogens is 1. The molecule has 1 heterocycles. The Balaban J connectivity index is 2.20. The number of carbonyl (C=O) groups excluding carboxylic acids is 1. The summed E-state index contributed by atoms with van der Waals surface area (Å²) in [5.74, 6) is -0.848. The van der Waals surface area contributed by atoms with Gasteiger partial charge in [0.15, 0.2) is 0 Å². The Kier molecular flexibility index (Phi) is 4.90. The van der Waals surface area contributed by atoms with Crippen molar-refractivity contribution in [2.75, 3.05) is 11.6 Å². The van der Waals surface area contributed by atoms with E-state index < -0.39 is 0 Å². The number of carbonyl (C=O) groups is 1. The Morgan fingerprint density at radius 2 is 2.09 bits per heavy atom. The third-order valence-electron chi connectivity index (χ3n) is 3.81. The molecule has 1 unspecified atom stereocenters. The molecule has 22 heavy (non-hydrogen) atoms. The van der Waals surface area contributed by atoms with Gasteiger partial charge in [-0.2, -0.15) is 5.10 Å². The van der Waals surface area contributed by atoms with Crippen molar-refractivity contribution in [2.24, 2.45) is 7.05 Å². The fourth-order valence-corrected chi connectivity index (χ4v) is 3.00. The van der Waals surface area contributed by atoms with Crippen molar-refractivity contribution in [3.63, 3.8) is 0 Å². The second kappa shape index (κ2) is 6.52. The number of aryl methyl sites for hydroxylation is 2. The van der Waals surface area contributed by atoms with Crippen LogP contribution in [0.2, 0.25) is 0 Å². The SMILES string of the molecule is CSc1ccc(NC(=O)C(C)c2c(C)nn(C)c2C)cc1F. The summed E-state index contributed by atoms with van der Waals surface area (Å²) in [6.45, 7) is 5.66. The minimum atomic E-state index is -0.350. The fourth-order valence-electron chi connectivity index (χ4n) is 2.54. The topological polar surface area (TPSA) is 46.9 Å². The van der Waals surface area contributed by atoms with Crippen LogP contribution in [-0.2, 0) is 11.8 Å². The van der Waals surface area contributed by atoms with E-state index in [2.05, 4.69) is 10.4 Å². The van der Waals surface area contributed by atoms with Gasteiger partial charge in [0.1, 0.15) is 5.82 Å². The standard InChI is InChI=1S/C16H20FN3OS/c1-9(15-10(2)19-20(4)11(15)3)16(21)18-12-6-7-14(22-5)13(17)8-12/h6-9H,1-5H3,(H,18,21). The van der Waals surface area contributed by atoms with Gasteiger partial charge in [-0.3, -0.25) is 9.48 Å². The van der Waals surface area contributed by atoms with Gasteiger partial charge in [0.2, 0.25) is 5.91 Å². The monoisotopic (exact) mass is 321 g/mol. The predicted molar refractivity (Wildman–Crippen MR) is 87.9 cm³/mol. The molecule has 2 rings (SSSR count). The van der Waals surface area contributed by atoms with E-state index in [9.17, 15) is 9.18 Å². The Morgan fingerprint density at radius 3 is 2.59 bits per heavy atom. The van der Waals surface area contributed by atoms with Crippen molar-refractivity contribution >= 4 is 23.4 Å². The molecule has 1 amide bonds. The highest BCUT2D eigenvalue weighted by atomic mass is 32.2. The summed E-state index contributed by atoms with van der Waals surface area (Å²) in [4.78, 5) is 13.0. The third-order valence-corrected chi connectivity index (χ3v) is 4.58. The minimum absolute atomic E-state index is 0.171. The van der Waals surface area contributed by atoms with Gasteiger partial charge in [-0.15, -0.1) is 11.8 Å². The number of thioether (sulfide) groups is 1. The Morgan fingerprint density at radius 1 is 1.41 bits per heavy atom. The molecule has 6 heteroatoms. The van der Waals surface area contributed by atoms with Crippen LogP contribution < -0.4 is 5.32 Å². The molecule has 0 aliphatic heterocycles. The van der Waals surface area contributed by atoms with E-state index in [0.29, 0.717) is 10.6 Å². The summed E-state index contributed by atoms with van der Waals surface area (Å²) >= 11 is 1.33. The lowest BCUT2D eigenvalue weighted by Crippen LogP contribution is -2.20. The normalized spacial score (nSPS) is 12.3. The predicted octanol–water partition coefficient (Wildman–Crippen LogP) is 3.64. The quantitative estimate of drug-likeness (QED) is 0.875. The molecule has 0 saturated carbocycles. The van der Waals surface area contributed by atoms with Crippen LogP contribution in [0.1, 0.15) is 29.8 Å². The summed E-state index contributed by atoms with van der Waals surface area (Å²) in [5, 5.41) is 7.10. The molecule has 0 aliphatic rings. The minimum Gasteiger partial charge on any atom is -0.325 e. The van der Waals surface area contributed by atoms with Crippen molar-refractivity contribution in [1.29, 1.82) is 0 Å². The lowest BCUT2D eigenvalue weighted by molar-refractivity contribution is -0.117. The first-order valence-corrected chi connectivity index (χ1v) is 8.22. The summed E-state index contributed by atoms with van der Waals surface area (Å²) < 4.78 is 15.5. The van der Waals surface area contributed by atoms with Crippen LogP contribution >= 0.6 is 11.8 Å². The van der Waals surface area contributed by atoms with Gasteiger partial charge >= 0.3 is 0 Å². The molecule has 0 radical (unpaired) electrons. The summed E-state index contributed by atoms with van der Waals surface area (Å²) in [6, 6.07) is 4.72. The molecule has 1 N–H and O–H groups in total. The summed E-state index contributed by atoms with van der Waals surface area (Å²) in [7, 11) is 1.85. The zero-order valence-electron chi connectivity index (χ0n) is 13.4. The van der Waals surface area contributed by atoms with E-state index in [4.69, 9.17) is 0 Å². The molecule has 4 nitrogen and oxygen atoms in total. The van der Waals surface area contributed by atoms with Crippen LogP contribution in [0.15, 0.2) is 23.1 Å². The first-order valence-electron chi connectivity index (χ1n) is 6.99. The maximum absolute atomic E-state index is 13.8. The highest BCUT2D eigenvalue weighted by molar-refractivity contribution is 7.98. The van der Waals surface area contributed by atoms with Crippen molar-refractivity contribution in [1.82, 2.24) is 9.78 Å². The number of amides is 1. The Labute approximate surface area is 134 Å². The highest BCUT2D eigenvalue weighted by Gasteiger charge is 2.22. The van der Waals surface area contributed by atoms with Crippen molar-refractivity contribution in [3.8, 4) is 0 Å². The maximum atomic E-state index is 13.8. The second-order valence-electron chi connectivity index (χ2n) is 5.27. The molecule has 0 spiro atoms. The summed E-state index contributed by atoms with van der Waals surface area (Å²) in [6.07, 6.45) is 1.81. The lowest BCUT2D eigenvalue weighted by Gasteiger charge is -2.13. The Bertz CT molecular complexity index is 712. The van der Waals surface area contributed by atoms with Crippen molar-refractivity contribution < 1.29 is 9.18 Å². The first-order chi connectivity index (χ1) is 10.3. The van der Waals surface area contributed by atoms with Gasteiger partial charge in [-0.25, -0.2) is 4.39 Å². The van der Waals surface area contributed by atoms with Gasteiger partial charge in [0.05, 0.1) is 11.6 Å². The van der Waals surface area contributed by atoms with Gasteiger partial charge in [-0.1, -0.05) is 0 Å². The van der Waals surface area contributed by atoms with E-state index in [1.165, 1.54) is 17.8 Å². The average molecular weight is 321 g/mol. The molecule has 2 aromatic rings. The van der Waals surface area contributed by atoms with Crippen LogP contribution in [0.5, 0.6) is 0 Å². The molecule has 1 aromatic heterocycles. The lowest BCUT2D eigenvalue weighted by atomic mass is 9.98. The van der Waals surface area contributed by atoms with Gasteiger partial charge < -0.3 is 5.32 Å². The molecular formula is C16H20FN3OS. The molecule has 0 saturated heterocycles. The summed E-state index contributed by atoms with van der Waals surface area (Å²) in [5.41, 5.74) is 3.18. The Hall–Kier alpha value is -1.82. The number of hydrogen-bond donors (Lipinski definition) is 1. The van der Waals surface area contributed by atoms with Crippen LogP contribution in [0.25, 0.3) is 0 Å². The average Bonchev–Trinajstić information content (AvgIpc) is 2.71. The molecule has 118 valence electrons. The number of nitrogens with one attached hydrogen (secondary N) is 1. The largest absolute Gasteiger partial charge is 0.325 e. The number of aromatic nitrogens is 2. The fraction of sp³-hybridized carbons (Fsp3) is 0.375. The van der Waals surface area contributed by atoms with E-state index in [1.807, 2.05) is 34.1 Å². The zero-order valence-corrected chi connectivity index (χ0v) is 14.2. The highest BCUT2D eigenvalue weighted by Crippen LogP contribution is 2.26. The maximum Gasteiger partial charge on any atom is 0.231 e. The first kappa shape index (κ1) is 16.5. The molecule has 1 aromatic carbocycles. The van der Waals surface area contributed by atoms with Gasteiger partial charge in [0.25, 0.3) is 0 Å². The van der Waals surface area contributed by atoms with Crippen LogP contribution in [0.4, 0.5) is 10.1 Å². The van der Waals surface area contributed by atoms with Crippen LogP contribution in [0, 0.1) is 19.7 Å². The number of hydrogen-bond acceptors (Lipinski definition) is 3. The zero-order chi connectivity index (χ0) is 16.4. The molecular weight excluding hydrogens is 301 g/mol. The second-order valence-corrected chi connectivity index (χ2v) is 6.12. The molecule has 1 atom stereocenters. The number of benzene rings is 1. The van der Waals surface area contributed by atoms with Crippen molar-refractivity contribution in [2.45, 2.75) is 31.6 Å². The van der Waals surface area contributed by atoms with Gasteiger partial charge in [0, 0.05) is 28.9 Å². The molecule has 0 fully saturated rings. The van der Waals surface area contributed by atoms with Gasteiger partial charge in [-0.05, 0) is 45.2 Å². The van der Waals surface area contributed by atoms with Crippen LogP contribution in [0.3, 0.4) is 0 Å². The van der Waals surface area contributed by atoms with E-state index in [1.54, 1.807) is 16.8 Å². The molecule has 0 bridgehead atoms. The number of anilines is 1. The number of rotatable bonds is 4. The van der Waals surface area contributed by atoms with E-state index >= 15 is 0 Å². The number of nitrogens with zero attached hydrogens (tertiary/aromatic N) is 2. The smallest absolute Gasteiger partial charge is 0.231 e. The molecule has 0 aliphatic carbocycles.